The Morgan fingerprint density at radius 1 is 1.20 bits per heavy atom. The van der Waals surface area contributed by atoms with Gasteiger partial charge in [0.2, 0.25) is 0 Å². The first-order valence-electron chi connectivity index (χ1n) is 7.79. The van der Waals surface area contributed by atoms with Crippen LogP contribution in [0.3, 0.4) is 0 Å². The SMILES string of the molecule is CC(C)(C)OC(=O)N1CCN(CCC2CC2CN)CC1. The molecule has 5 heteroatoms. The van der Waals surface area contributed by atoms with Gasteiger partial charge in [-0.3, -0.25) is 4.90 Å². The summed E-state index contributed by atoms with van der Waals surface area (Å²) in [6.45, 7) is 11.2. The van der Waals surface area contributed by atoms with Gasteiger partial charge in [-0.05, 0) is 58.5 Å². The molecule has 2 aliphatic rings. The second kappa shape index (κ2) is 6.31. The van der Waals surface area contributed by atoms with Crippen LogP contribution in [0.1, 0.15) is 33.6 Å². The van der Waals surface area contributed by atoms with Gasteiger partial charge >= 0.3 is 6.09 Å². The van der Waals surface area contributed by atoms with Crippen molar-refractivity contribution >= 4 is 6.09 Å². The number of ether oxygens (including phenoxy) is 1. The Bertz CT molecular complexity index is 333. The largest absolute Gasteiger partial charge is 0.444 e. The summed E-state index contributed by atoms with van der Waals surface area (Å²) >= 11 is 0. The average molecular weight is 283 g/mol. The lowest BCUT2D eigenvalue weighted by molar-refractivity contribution is 0.0143. The molecule has 2 atom stereocenters. The van der Waals surface area contributed by atoms with E-state index < -0.39 is 5.60 Å². The van der Waals surface area contributed by atoms with E-state index in [2.05, 4.69) is 4.90 Å². The molecule has 1 aliphatic carbocycles. The van der Waals surface area contributed by atoms with Crippen LogP contribution in [0.2, 0.25) is 0 Å². The molecule has 0 aromatic heterocycles. The number of hydrogen-bond donors (Lipinski definition) is 1. The summed E-state index contributed by atoms with van der Waals surface area (Å²) in [4.78, 5) is 16.2. The van der Waals surface area contributed by atoms with Crippen LogP contribution in [0, 0.1) is 11.8 Å². The Hall–Kier alpha value is -0.810. The summed E-state index contributed by atoms with van der Waals surface area (Å²) in [5.74, 6) is 1.63. The molecule has 0 spiro atoms. The number of nitrogens with two attached hydrogens (primary N) is 1. The maximum atomic E-state index is 11.9. The highest BCUT2D eigenvalue weighted by Crippen LogP contribution is 2.40. The first kappa shape index (κ1) is 15.6. The van der Waals surface area contributed by atoms with Gasteiger partial charge in [0.1, 0.15) is 5.60 Å². The van der Waals surface area contributed by atoms with Crippen molar-refractivity contribution in [2.75, 3.05) is 39.3 Å². The molecule has 1 amide bonds. The maximum Gasteiger partial charge on any atom is 0.410 e. The highest BCUT2D eigenvalue weighted by molar-refractivity contribution is 5.68. The predicted octanol–water partition coefficient (Wildman–Crippen LogP) is 1.52. The zero-order valence-electron chi connectivity index (χ0n) is 13.1. The number of carbonyl (C=O) groups is 1. The highest BCUT2D eigenvalue weighted by Gasteiger charge is 2.35. The number of amides is 1. The average Bonchev–Trinajstić information content (AvgIpc) is 3.13. The quantitative estimate of drug-likeness (QED) is 0.850. The number of hydrogen-bond acceptors (Lipinski definition) is 4. The molecule has 1 aliphatic heterocycles. The monoisotopic (exact) mass is 283 g/mol. The van der Waals surface area contributed by atoms with Crippen LogP contribution in [-0.4, -0.2) is 60.8 Å². The Labute approximate surface area is 122 Å². The van der Waals surface area contributed by atoms with Gasteiger partial charge in [-0.1, -0.05) is 0 Å². The molecule has 2 rings (SSSR count). The molecule has 20 heavy (non-hydrogen) atoms. The van der Waals surface area contributed by atoms with E-state index >= 15 is 0 Å². The molecular weight excluding hydrogens is 254 g/mol. The molecule has 0 aromatic rings. The van der Waals surface area contributed by atoms with Crippen molar-refractivity contribution in [3.8, 4) is 0 Å². The molecule has 2 fully saturated rings. The van der Waals surface area contributed by atoms with Crippen LogP contribution in [0.5, 0.6) is 0 Å². The minimum absolute atomic E-state index is 0.178. The Morgan fingerprint density at radius 2 is 1.85 bits per heavy atom. The Balaban J connectivity index is 1.63. The van der Waals surface area contributed by atoms with Gasteiger partial charge in [-0.15, -0.1) is 0 Å². The maximum absolute atomic E-state index is 11.9. The molecule has 116 valence electrons. The molecule has 2 N–H and O–H groups in total. The normalized spacial score (nSPS) is 27.5. The van der Waals surface area contributed by atoms with E-state index in [9.17, 15) is 4.79 Å². The van der Waals surface area contributed by atoms with Crippen molar-refractivity contribution in [2.45, 2.75) is 39.2 Å². The topological polar surface area (TPSA) is 58.8 Å². The molecule has 1 heterocycles. The lowest BCUT2D eigenvalue weighted by Crippen LogP contribution is -2.50. The van der Waals surface area contributed by atoms with Crippen molar-refractivity contribution < 1.29 is 9.53 Å². The van der Waals surface area contributed by atoms with E-state index in [1.807, 2.05) is 25.7 Å². The minimum atomic E-state index is -0.405. The third-order valence-corrected chi connectivity index (χ3v) is 4.21. The van der Waals surface area contributed by atoms with Crippen molar-refractivity contribution in [1.82, 2.24) is 9.80 Å². The van der Waals surface area contributed by atoms with E-state index in [1.54, 1.807) is 0 Å². The number of nitrogens with zero attached hydrogens (tertiary/aromatic N) is 2. The third-order valence-electron chi connectivity index (χ3n) is 4.21. The van der Waals surface area contributed by atoms with Crippen LogP contribution in [0.4, 0.5) is 4.79 Å². The van der Waals surface area contributed by atoms with Gasteiger partial charge in [-0.2, -0.15) is 0 Å². The minimum Gasteiger partial charge on any atom is -0.444 e. The first-order chi connectivity index (χ1) is 9.39. The zero-order valence-corrected chi connectivity index (χ0v) is 13.1. The van der Waals surface area contributed by atoms with Crippen molar-refractivity contribution in [2.24, 2.45) is 17.6 Å². The Morgan fingerprint density at radius 3 is 2.35 bits per heavy atom. The molecule has 2 unspecified atom stereocenters. The third kappa shape index (κ3) is 4.63. The van der Waals surface area contributed by atoms with Gasteiger partial charge in [0.05, 0.1) is 0 Å². The standard InChI is InChI=1S/C15H29N3O2/c1-15(2,3)20-14(19)18-8-6-17(7-9-18)5-4-12-10-13(12)11-16/h12-13H,4-11,16H2,1-3H3. The van der Waals surface area contributed by atoms with E-state index in [0.29, 0.717) is 0 Å². The fourth-order valence-electron chi connectivity index (χ4n) is 2.78. The van der Waals surface area contributed by atoms with Crippen LogP contribution >= 0.6 is 0 Å². The number of rotatable bonds is 4. The molecule has 5 nitrogen and oxygen atoms in total. The van der Waals surface area contributed by atoms with Crippen LogP contribution in [0.25, 0.3) is 0 Å². The van der Waals surface area contributed by atoms with E-state index in [1.165, 1.54) is 12.8 Å². The molecule has 0 bridgehead atoms. The number of piperazine rings is 1. The zero-order chi connectivity index (χ0) is 14.8. The highest BCUT2D eigenvalue weighted by atomic mass is 16.6. The van der Waals surface area contributed by atoms with Crippen LogP contribution in [-0.2, 0) is 4.74 Å². The van der Waals surface area contributed by atoms with E-state index in [-0.39, 0.29) is 6.09 Å². The summed E-state index contributed by atoms with van der Waals surface area (Å²) in [7, 11) is 0. The van der Waals surface area contributed by atoms with Crippen LogP contribution < -0.4 is 5.73 Å². The van der Waals surface area contributed by atoms with Gasteiger partial charge in [-0.25, -0.2) is 4.79 Å². The number of carbonyl (C=O) groups excluding carboxylic acids is 1. The van der Waals surface area contributed by atoms with Crippen molar-refractivity contribution in [3.63, 3.8) is 0 Å². The summed E-state index contributed by atoms with van der Waals surface area (Å²) in [5, 5.41) is 0. The van der Waals surface area contributed by atoms with E-state index in [4.69, 9.17) is 10.5 Å². The lowest BCUT2D eigenvalue weighted by atomic mass is 10.2. The van der Waals surface area contributed by atoms with Crippen molar-refractivity contribution in [3.05, 3.63) is 0 Å². The first-order valence-corrected chi connectivity index (χ1v) is 7.79. The van der Waals surface area contributed by atoms with Gasteiger partial charge in [0, 0.05) is 26.2 Å². The summed E-state index contributed by atoms with van der Waals surface area (Å²) < 4.78 is 5.40. The fourth-order valence-corrected chi connectivity index (χ4v) is 2.78. The summed E-state index contributed by atoms with van der Waals surface area (Å²) in [5.41, 5.74) is 5.26. The molecule has 0 aromatic carbocycles. The second-order valence-corrected chi connectivity index (χ2v) is 7.09. The molecule has 0 radical (unpaired) electrons. The Kier molecular flexibility index (Phi) is 4.91. The summed E-state index contributed by atoms with van der Waals surface area (Å²) in [6, 6.07) is 0. The molecular formula is C15H29N3O2. The van der Waals surface area contributed by atoms with Gasteiger partial charge < -0.3 is 15.4 Å². The second-order valence-electron chi connectivity index (χ2n) is 7.09. The smallest absolute Gasteiger partial charge is 0.410 e. The fraction of sp³-hybridized carbons (Fsp3) is 0.933. The van der Waals surface area contributed by atoms with E-state index in [0.717, 1.165) is 51.1 Å². The van der Waals surface area contributed by atoms with Crippen LogP contribution in [0.15, 0.2) is 0 Å². The summed E-state index contributed by atoms with van der Waals surface area (Å²) in [6.07, 6.45) is 2.39. The lowest BCUT2D eigenvalue weighted by Gasteiger charge is -2.35. The molecule has 1 saturated heterocycles. The molecule has 1 saturated carbocycles. The van der Waals surface area contributed by atoms with Gasteiger partial charge in [0.25, 0.3) is 0 Å². The van der Waals surface area contributed by atoms with Gasteiger partial charge in [0.15, 0.2) is 0 Å². The van der Waals surface area contributed by atoms with Crippen molar-refractivity contribution in [1.29, 1.82) is 0 Å². The predicted molar refractivity (Wildman–Crippen MR) is 79.5 cm³/mol.